The molecule has 11 aromatic carbocycles. The van der Waals surface area contributed by atoms with Crippen molar-refractivity contribution in [2.45, 2.75) is 46.0 Å². The molecule has 14 rings (SSSR count). The summed E-state index contributed by atoms with van der Waals surface area (Å²) >= 11 is 0. The smallest absolute Gasteiger partial charge is 0.0973 e. The molecule has 0 radical (unpaired) electrons. The highest BCUT2D eigenvalue weighted by atomic mass is 15.1. The van der Waals surface area contributed by atoms with Crippen molar-refractivity contribution in [2.75, 3.05) is 9.80 Å². The maximum Gasteiger partial charge on any atom is 0.0973 e. The van der Waals surface area contributed by atoms with E-state index in [1.165, 1.54) is 43.7 Å². The summed E-state index contributed by atoms with van der Waals surface area (Å²) in [5.41, 5.74) is 21.1. The van der Waals surface area contributed by atoms with E-state index in [0.29, 0.717) is 0 Å². The molecule has 0 amide bonds. The number of nitrogens with zero attached hydrogens (tertiary/aromatic N) is 6. The number of para-hydroxylation sites is 6. The molecule has 0 spiro atoms. The van der Waals surface area contributed by atoms with Crippen LogP contribution in [0, 0.1) is 0 Å². The van der Waals surface area contributed by atoms with Gasteiger partial charge in [0.15, 0.2) is 0 Å². The van der Waals surface area contributed by atoms with Crippen LogP contribution in [0.5, 0.6) is 0 Å². The van der Waals surface area contributed by atoms with Gasteiger partial charge in [-0.1, -0.05) is 180 Å². The summed E-state index contributed by atoms with van der Waals surface area (Å²) in [6.07, 6.45) is 0. The number of aromatic nitrogens is 4. The van der Waals surface area contributed by atoms with Crippen molar-refractivity contribution in [3.05, 3.63) is 278 Å². The molecule has 0 unspecified atom stereocenters. The van der Waals surface area contributed by atoms with Gasteiger partial charge in [0.1, 0.15) is 0 Å². The molecule has 81 heavy (non-hydrogen) atoms. The molecule has 0 atom stereocenters. The molecule has 3 aromatic heterocycles. The van der Waals surface area contributed by atoms with Gasteiger partial charge in [-0.2, -0.15) is 0 Å². The predicted octanol–water partition coefficient (Wildman–Crippen LogP) is 20.5. The maximum atomic E-state index is 5.75. The molecule has 6 heteroatoms. The van der Waals surface area contributed by atoms with Crippen molar-refractivity contribution >= 4 is 88.8 Å². The van der Waals surface area contributed by atoms with Crippen LogP contribution < -0.4 is 9.80 Å². The summed E-state index contributed by atoms with van der Waals surface area (Å²) in [4.78, 5) is 16.2. The molecule has 0 N–H and O–H groups in total. The van der Waals surface area contributed by atoms with Gasteiger partial charge < -0.3 is 18.9 Å². The lowest BCUT2D eigenvalue weighted by molar-refractivity contribution is 0.594. The average Bonchev–Trinajstić information content (AvgIpc) is 4.20. The molecule has 0 aliphatic carbocycles. The first kappa shape index (κ1) is 49.3. The summed E-state index contributed by atoms with van der Waals surface area (Å²) < 4.78 is 4.74. The number of rotatable bonds is 11. The van der Waals surface area contributed by atoms with E-state index < -0.39 is 0 Å². The van der Waals surface area contributed by atoms with Crippen LogP contribution in [-0.2, 0) is 5.41 Å². The third-order valence-corrected chi connectivity index (χ3v) is 16.0. The van der Waals surface area contributed by atoms with Crippen LogP contribution in [0.3, 0.4) is 0 Å². The van der Waals surface area contributed by atoms with Crippen molar-refractivity contribution < 1.29 is 0 Å². The van der Waals surface area contributed by atoms with Crippen LogP contribution in [0.1, 0.15) is 51.7 Å². The minimum Gasteiger partial charge on any atom is -0.310 e. The van der Waals surface area contributed by atoms with E-state index in [1.54, 1.807) is 0 Å². The van der Waals surface area contributed by atoms with Gasteiger partial charge in [0, 0.05) is 78.2 Å². The van der Waals surface area contributed by atoms with E-state index >= 15 is 0 Å². The zero-order valence-corrected chi connectivity index (χ0v) is 46.2. The monoisotopic (exact) mass is 1040 g/mol. The first-order valence-corrected chi connectivity index (χ1v) is 28.1. The zero-order valence-electron chi connectivity index (χ0n) is 46.2. The van der Waals surface area contributed by atoms with Crippen molar-refractivity contribution in [3.8, 4) is 33.9 Å². The second kappa shape index (κ2) is 20.0. The van der Waals surface area contributed by atoms with Gasteiger partial charge in [0.05, 0.1) is 44.5 Å². The van der Waals surface area contributed by atoms with Gasteiger partial charge >= 0.3 is 0 Å². The normalized spacial score (nSPS) is 11.9. The zero-order chi connectivity index (χ0) is 54.8. The Morgan fingerprint density at radius 1 is 0.333 bits per heavy atom. The Morgan fingerprint density at radius 3 is 1.11 bits per heavy atom. The topological polar surface area (TPSA) is 42.1 Å². The standard InChI is InChI=1S/C75H60N6/c1-50(2)61-44-45-66(75(3,4)5)74-73(61)76-71(51-34-38-57(39-35-51)78(53-22-10-6-11-23-53)59-42-46-69-64(48-59)62-30-18-20-32-67(62)80(69)55-26-14-8-15-27-55)72(77-74)52-36-40-58(41-37-52)79(54-24-12-7-13-25-54)60-43-47-70-65(49-60)63-31-19-21-33-68(63)81(70)56-28-16-9-17-29-56/h6-50H,1-5H3. The van der Waals surface area contributed by atoms with Crippen molar-refractivity contribution in [1.82, 2.24) is 19.1 Å². The van der Waals surface area contributed by atoms with E-state index in [-0.39, 0.29) is 11.3 Å². The molecule has 0 aliphatic heterocycles. The molecule has 0 bridgehead atoms. The molecule has 6 nitrogen and oxygen atoms in total. The fraction of sp³-hybridized carbons (Fsp3) is 0.0933. The number of benzene rings is 11. The Balaban J connectivity index is 0.903. The number of hydrogen-bond donors (Lipinski definition) is 0. The molecule has 0 saturated heterocycles. The largest absolute Gasteiger partial charge is 0.310 e. The summed E-state index contributed by atoms with van der Waals surface area (Å²) in [5.74, 6) is 0.243. The quantitative estimate of drug-likeness (QED) is 0.129. The molecule has 0 aliphatic rings. The molecular weight excluding hydrogens is 985 g/mol. The highest BCUT2D eigenvalue weighted by Gasteiger charge is 2.26. The van der Waals surface area contributed by atoms with E-state index in [2.05, 4.69) is 320 Å². The van der Waals surface area contributed by atoms with Crippen LogP contribution in [-0.4, -0.2) is 19.1 Å². The van der Waals surface area contributed by atoms with Crippen molar-refractivity contribution in [1.29, 1.82) is 0 Å². The first-order chi connectivity index (χ1) is 39.7. The third kappa shape index (κ3) is 8.68. The minimum atomic E-state index is -0.169. The molecule has 14 aromatic rings. The molecule has 0 saturated carbocycles. The average molecular weight is 1050 g/mol. The van der Waals surface area contributed by atoms with Gasteiger partial charge in [-0.15, -0.1) is 0 Å². The minimum absolute atomic E-state index is 0.169. The lowest BCUT2D eigenvalue weighted by atomic mass is 9.84. The Labute approximate surface area is 473 Å². The first-order valence-electron chi connectivity index (χ1n) is 28.1. The van der Waals surface area contributed by atoms with Crippen LogP contribution >= 0.6 is 0 Å². The van der Waals surface area contributed by atoms with Crippen LogP contribution in [0.2, 0.25) is 0 Å². The number of fused-ring (bicyclic) bond motifs is 7. The SMILES string of the molecule is CC(C)c1ccc(C(C)(C)C)c2nc(-c3ccc(N(c4ccccc4)c4ccc5c(c4)c4ccccc4n5-c4ccccc4)cc3)c(-c3ccc(N(c4ccccc4)c4ccc5c(c4)c4ccccc4n5-c4ccccc4)cc3)nc12. The fourth-order valence-corrected chi connectivity index (χ4v) is 12.1. The Morgan fingerprint density at radius 2 is 0.691 bits per heavy atom. The van der Waals surface area contributed by atoms with Gasteiger partial charge in [0.2, 0.25) is 0 Å². The van der Waals surface area contributed by atoms with Gasteiger partial charge in [0.25, 0.3) is 0 Å². The van der Waals surface area contributed by atoms with Gasteiger partial charge in [-0.05, 0) is 144 Å². The van der Waals surface area contributed by atoms with Crippen molar-refractivity contribution in [2.24, 2.45) is 0 Å². The van der Waals surface area contributed by atoms with E-state index in [1.807, 2.05) is 0 Å². The lowest BCUT2D eigenvalue weighted by Gasteiger charge is -2.26. The predicted molar refractivity (Wildman–Crippen MR) is 341 cm³/mol. The molecular formula is C75H60N6. The number of anilines is 6. The third-order valence-electron chi connectivity index (χ3n) is 16.0. The van der Waals surface area contributed by atoms with Crippen LogP contribution in [0.4, 0.5) is 34.1 Å². The Hall–Kier alpha value is -10.0. The molecule has 390 valence electrons. The second-order valence-electron chi connectivity index (χ2n) is 22.4. The van der Waals surface area contributed by atoms with E-state index in [4.69, 9.17) is 9.97 Å². The molecule has 0 fully saturated rings. The highest BCUT2D eigenvalue weighted by Crippen LogP contribution is 2.45. The lowest BCUT2D eigenvalue weighted by Crippen LogP contribution is -2.14. The molecule has 3 heterocycles. The van der Waals surface area contributed by atoms with E-state index in [0.717, 1.165) is 90.1 Å². The highest BCUT2D eigenvalue weighted by molar-refractivity contribution is 6.12. The summed E-state index contributed by atoms with van der Waals surface area (Å²) in [6.45, 7) is 11.3. The summed E-state index contributed by atoms with van der Waals surface area (Å²) in [6, 6.07) is 96.2. The summed E-state index contributed by atoms with van der Waals surface area (Å²) in [7, 11) is 0. The van der Waals surface area contributed by atoms with Crippen LogP contribution in [0.25, 0.3) is 88.5 Å². The van der Waals surface area contributed by atoms with Gasteiger partial charge in [-0.25, -0.2) is 9.97 Å². The Kier molecular flexibility index (Phi) is 12.2. The van der Waals surface area contributed by atoms with E-state index in [9.17, 15) is 0 Å². The van der Waals surface area contributed by atoms with Gasteiger partial charge in [-0.3, -0.25) is 0 Å². The number of hydrogen-bond acceptors (Lipinski definition) is 4. The Bertz CT molecular complexity index is 4610. The maximum absolute atomic E-state index is 5.75. The van der Waals surface area contributed by atoms with Crippen LogP contribution in [0.15, 0.2) is 267 Å². The summed E-state index contributed by atoms with van der Waals surface area (Å²) in [5, 5.41) is 4.82. The fourth-order valence-electron chi connectivity index (χ4n) is 12.1. The van der Waals surface area contributed by atoms with Crippen molar-refractivity contribution in [3.63, 3.8) is 0 Å². The second-order valence-corrected chi connectivity index (χ2v) is 22.4.